The van der Waals surface area contributed by atoms with E-state index < -0.39 is 5.60 Å². The highest BCUT2D eigenvalue weighted by molar-refractivity contribution is 8.00. The molecule has 2 N–H and O–H groups in total. The Kier molecular flexibility index (Phi) is 5.55. The van der Waals surface area contributed by atoms with E-state index in [0.717, 1.165) is 10.7 Å². The normalized spacial score (nSPS) is 15.0. The van der Waals surface area contributed by atoms with E-state index in [1.807, 2.05) is 57.2 Å². The first kappa shape index (κ1) is 17.6. The van der Waals surface area contributed by atoms with E-state index in [0.29, 0.717) is 11.3 Å². The summed E-state index contributed by atoms with van der Waals surface area (Å²) in [6.45, 7) is 7.33. The van der Waals surface area contributed by atoms with E-state index in [9.17, 15) is 9.90 Å². The summed E-state index contributed by atoms with van der Waals surface area (Å²) in [5, 5.41) is 13.2. The van der Waals surface area contributed by atoms with E-state index in [1.54, 1.807) is 6.92 Å². The van der Waals surface area contributed by atoms with Gasteiger partial charge in [0.1, 0.15) is 17.1 Å². The Balaban J connectivity index is 1.94. The first-order valence-corrected chi connectivity index (χ1v) is 8.47. The summed E-state index contributed by atoms with van der Waals surface area (Å²) < 4.78 is 5.46. The van der Waals surface area contributed by atoms with Crippen molar-refractivity contribution in [2.24, 2.45) is 0 Å². The quantitative estimate of drug-likeness (QED) is 0.795. The molecule has 0 bridgehead atoms. The topological polar surface area (TPSA) is 62.5 Å². The van der Waals surface area contributed by atoms with Crippen LogP contribution in [-0.4, -0.2) is 22.8 Å². The van der Waals surface area contributed by atoms with Crippen LogP contribution in [0.2, 0.25) is 0 Å². The molecule has 1 amide bonds. The third-order valence-corrected chi connectivity index (χ3v) is 4.77. The molecule has 0 aliphatic carbocycles. The zero-order valence-corrected chi connectivity index (χ0v) is 14.7. The minimum Gasteiger partial charge on any atom is -0.466 e. The predicted octanol–water partition coefficient (Wildman–Crippen LogP) is 3.40. The Labute approximate surface area is 141 Å². The van der Waals surface area contributed by atoms with Crippen LogP contribution in [0.25, 0.3) is 0 Å². The maximum absolute atomic E-state index is 12.2. The van der Waals surface area contributed by atoms with Crippen molar-refractivity contribution < 1.29 is 14.3 Å². The van der Waals surface area contributed by atoms with E-state index in [1.165, 1.54) is 11.8 Å². The van der Waals surface area contributed by atoms with Crippen LogP contribution in [0, 0.1) is 13.8 Å². The van der Waals surface area contributed by atoms with Crippen LogP contribution in [0.4, 0.5) is 0 Å². The molecule has 0 spiro atoms. The molecular formula is C18H23NO3S. The van der Waals surface area contributed by atoms with Crippen molar-refractivity contribution in [1.82, 2.24) is 5.32 Å². The van der Waals surface area contributed by atoms with E-state index in [-0.39, 0.29) is 17.7 Å². The smallest absolute Gasteiger partial charge is 0.233 e. The zero-order chi connectivity index (χ0) is 17.0. The number of aliphatic hydroxyl groups is 1. The largest absolute Gasteiger partial charge is 0.466 e. The second kappa shape index (κ2) is 7.23. The zero-order valence-electron chi connectivity index (χ0n) is 13.9. The summed E-state index contributed by atoms with van der Waals surface area (Å²) >= 11 is 1.49. The molecule has 0 radical (unpaired) electrons. The molecule has 0 saturated heterocycles. The lowest BCUT2D eigenvalue weighted by Gasteiger charge is -2.24. The SMILES string of the molecule is Cc1cc(C(C)(O)CNC(=O)C(C)Sc2ccccc2)c(C)o1. The number of hydrogen-bond acceptors (Lipinski definition) is 4. The lowest BCUT2D eigenvalue weighted by Crippen LogP contribution is -2.41. The molecule has 23 heavy (non-hydrogen) atoms. The molecule has 2 aromatic rings. The van der Waals surface area contributed by atoms with Gasteiger partial charge in [-0.25, -0.2) is 0 Å². The molecule has 0 saturated carbocycles. The van der Waals surface area contributed by atoms with Crippen molar-refractivity contribution in [2.75, 3.05) is 6.54 Å². The highest BCUT2D eigenvalue weighted by Gasteiger charge is 2.29. The number of hydrogen-bond donors (Lipinski definition) is 2. The molecule has 5 heteroatoms. The van der Waals surface area contributed by atoms with Crippen LogP contribution in [0.5, 0.6) is 0 Å². The van der Waals surface area contributed by atoms with E-state index >= 15 is 0 Å². The molecule has 0 fully saturated rings. The average Bonchev–Trinajstić information content (AvgIpc) is 2.85. The second-order valence-electron chi connectivity index (χ2n) is 5.89. The van der Waals surface area contributed by atoms with Crippen LogP contribution in [0.3, 0.4) is 0 Å². The number of carbonyl (C=O) groups excluding carboxylic acids is 1. The summed E-state index contributed by atoms with van der Waals surface area (Å²) in [7, 11) is 0. The molecule has 0 aliphatic rings. The van der Waals surface area contributed by atoms with Crippen LogP contribution in [0.1, 0.15) is 30.9 Å². The Hall–Kier alpha value is -1.72. The van der Waals surface area contributed by atoms with Crippen LogP contribution < -0.4 is 5.32 Å². The van der Waals surface area contributed by atoms with Gasteiger partial charge in [0.05, 0.1) is 11.8 Å². The number of nitrogens with one attached hydrogen (secondary N) is 1. The summed E-state index contributed by atoms with van der Waals surface area (Å²) in [4.78, 5) is 13.3. The summed E-state index contributed by atoms with van der Waals surface area (Å²) in [5.41, 5.74) is -0.451. The Morgan fingerprint density at radius 2 is 2.00 bits per heavy atom. The maximum atomic E-state index is 12.2. The fourth-order valence-corrected chi connectivity index (χ4v) is 3.33. The summed E-state index contributed by atoms with van der Waals surface area (Å²) in [6.07, 6.45) is 0. The predicted molar refractivity (Wildman–Crippen MR) is 92.5 cm³/mol. The lowest BCUT2D eigenvalue weighted by atomic mass is 9.96. The lowest BCUT2D eigenvalue weighted by molar-refractivity contribution is -0.121. The van der Waals surface area contributed by atoms with E-state index in [2.05, 4.69) is 5.32 Å². The van der Waals surface area contributed by atoms with Crippen molar-refractivity contribution in [1.29, 1.82) is 0 Å². The van der Waals surface area contributed by atoms with Crippen LogP contribution >= 0.6 is 11.8 Å². The van der Waals surface area contributed by atoms with Crippen molar-refractivity contribution in [3.8, 4) is 0 Å². The average molecular weight is 333 g/mol. The van der Waals surface area contributed by atoms with E-state index in [4.69, 9.17) is 4.42 Å². The van der Waals surface area contributed by atoms with Crippen molar-refractivity contribution >= 4 is 17.7 Å². The maximum Gasteiger partial charge on any atom is 0.233 e. The highest BCUT2D eigenvalue weighted by Crippen LogP contribution is 2.27. The fraction of sp³-hybridized carbons (Fsp3) is 0.389. The third kappa shape index (κ3) is 4.62. The molecule has 1 heterocycles. The van der Waals surface area contributed by atoms with Gasteiger partial charge in [-0.2, -0.15) is 0 Å². The Morgan fingerprint density at radius 1 is 1.35 bits per heavy atom. The number of amides is 1. The molecule has 4 nitrogen and oxygen atoms in total. The number of aryl methyl sites for hydroxylation is 2. The number of thioether (sulfide) groups is 1. The number of carbonyl (C=O) groups is 1. The van der Waals surface area contributed by atoms with Crippen LogP contribution in [-0.2, 0) is 10.4 Å². The standard InChI is InChI=1S/C18H23NO3S/c1-12-10-16(13(2)22-12)18(4,21)11-19-17(20)14(3)23-15-8-6-5-7-9-15/h5-10,14,21H,11H2,1-4H3,(H,19,20). The molecule has 0 aliphatic heterocycles. The molecular weight excluding hydrogens is 310 g/mol. The summed E-state index contributed by atoms with van der Waals surface area (Å²) in [6, 6.07) is 11.6. The molecule has 2 atom stereocenters. The van der Waals surface area contributed by atoms with Gasteiger partial charge in [-0.1, -0.05) is 18.2 Å². The van der Waals surface area contributed by atoms with Gasteiger partial charge in [0, 0.05) is 10.5 Å². The van der Waals surface area contributed by atoms with Gasteiger partial charge in [0.2, 0.25) is 5.91 Å². The Morgan fingerprint density at radius 3 is 2.57 bits per heavy atom. The fourth-order valence-electron chi connectivity index (χ4n) is 2.42. The van der Waals surface area contributed by atoms with Gasteiger partial charge in [0.25, 0.3) is 0 Å². The molecule has 1 aromatic heterocycles. The Bertz CT molecular complexity index is 664. The first-order valence-electron chi connectivity index (χ1n) is 7.59. The minimum absolute atomic E-state index is 0.100. The minimum atomic E-state index is -1.16. The van der Waals surface area contributed by atoms with Gasteiger partial charge in [-0.05, 0) is 45.9 Å². The van der Waals surface area contributed by atoms with Gasteiger partial charge in [-0.3, -0.25) is 4.79 Å². The van der Waals surface area contributed by atoms with Crippen LogP contribution in [0.15, 0.2) is 45.7 Å². The molecule has 124 valence electrons. The number of benzene rings is 1. The van der Waals surface area contributed by atoms with Gasteiger partial charge < -0.3 is 14.8 Å². The molecule has 1 aromatic carbocycles. The number of furan rings is 1. The van der Waals surface area contributed by atoms with Crippen molar-refractivity contribution in [2.45, 2.75) is 43.4 Å². The van der Waals surface area contributed by atoms with Gasteiger partial charge in [0.15, 0.2) is 0 Å². The van der Waals surface area contributed by atoms with Gasteiger partial charge >= 0.3 is 0 Å². The monoisotopic (exact) mass is 333 g/mol. The third-order valence-electron chi connectivity index (χ3n) is 3.65. The molecule has 2 rings (SSSR count). The van der Waals surface area contributed by atoms with Crippen molar-refractivity contribution in [3.05, 3.63) is 53.5 Å². The molecule has 2 unspecified atom stereocenters. The summed E-state index contributed by atoms with van der Waals surface area (Å²) in [5.74, 6) is 1.32. The second-order valence-corrected chi connectivity index (χ2v) is 7.31. The number of rotatable bonds is 6. The highest BCUT2D eigenvalue weighted by atomic mass is 32.2. The van der Waals surface area contributed by atoms with Gasteiger partial charge in [-0.15, -0.1) is 11.8 Å². The first-order chi connectivity index (χ1) is 10.8. The van der Waals surface area contributed by atoms with Crippen molar-refractivity contribution in [3.63, 3.8) is 0 Å².